The molecular formula is C15H11N5O4. The number of nitro groups is 1. The molecular weight excluding hydrogens is 314 g/mol. The summed E-state index contributed by atoms with van der Waals surface area (Å²) in [5.41, 5.74) is 6.31. The van der Waals surface area contributed by atoms with E-state index in [0.717, 1.165) is 0 Å². The highest BCUT2D eigenvalue weighted by atomic mass is 16.6. The van der Waals surface area contributed by atoms with Crippen molar-refractivity contribution in [3.63, 3.8) is 0 Å². The fraction of sp³-hybridized carbons (Fsp3) is 0. The van der Waals surface area contributed by atoms with Crippen LogP contribution in [0.5, 0.6) is 5.88 Å². The minimum absolute atomic E-state index is 0.0587. The van der Waals surface area contributed by atoms with Gasteiger partial charge in [-0.25, -0.2) is 0 Å². The first-order valence-electron chi connectivity index (χ1n) is 6.77. The van der Waals surface area contributed by atoms with Crippen molar-refractivity contribution in [1.29, 1.82) is 0 Å². The molecule has 0 bridgehead atoms. The number of amides is 1. The van der Waals surface area contributed by atoms with Crippen LogP contribution in [0.2, 0.25) is 0 Å². The molecule has 2 aromatic carbocycles. The number of H-pyrrole nitrogens is 1. The number of nitrogens with zero attached hydrogens (tertiary/aromatic N) is 3. The summed E-state index contributed by atoms with van der Waals surface area (Å²) in [5.74, 6) is -1.03. The lowest BCUT2D eigenvalue weighted by Gasteiger charge is -1.98. The van der Waals surface area contributed by atoms with Crippen LogP contribution in [-0.4, -0.2) is 20.9 Å². The van der Waals surface area contributed by atoms with E-state index in [0.29, 0.717) is 5.52 Å². The average Bonchev–Trinajstić information content (AvgIpc) is 2.87. The maximum atomic E-state index is 12.0. The molecule has 0 radical (unpaired) electrons. The lowest BCUT2D eigenvalue weighted by atomic mass is 10.2. The Balaban J connectivity index is 2.01. The highest BCUT2D eigenvalue weighted by Crippen LogP contribution is 2.37. The van der Waals surface area contributed by atoms with Crippen molar-refractivity contribution in [3.8, 4) is 5.88 Å². The quantitative estimate of drug-likeness (QED) is 0.292. The van der Waals surface area contributed by atoms with Gasteiger partial charge in [0.15, 0.2) is 5.69 Å². The van der Waals surface area contributed by atoms with Crippen LogP contribution in [-0.2, 0) is 0 Å². The van der Waals surface area contributed by atoms with Crippen molar-refractivity contribution in [2.75, 3.05) is 5.73 Å². The maximum absolute atomic E-state index is 12.0. The summed E-state index contributed by atoms with van der Waals surface area (Å²) in [5, 5.41) is 28.3. The van der Waals surface area contributed by atoms with Crippen molar-refractivity contribution in [2.24, 2.45) is 10.2 Å². The van der Waals surface area contributed by atoms with Gasteiger partial charge < -0.3 is 15.8 Å². The Bertz CT molecular complexity index is 993. The van der Waals surface area contributed by atoms with E-state index in [-0.39, 0.29) is 33.9 Å². The summed E-state index contributed by atoms with van der Waals surface area (Å²) in [6.07, 6.45) is 0. The van der Waals surface area contributed by atoms with Gasteiger partial charge in [0.25, 0.3) is 11.6 Å². The van der Waals surface area contributed by atoms with Gasteiger partial charge >= 0.3 is 0 Å². The lowest BCUT2D eigenvalue weighted by Crippen LogP contribution is -1.99. The van der Waals surface area contributed by atoms with Crippen LogP contribution in [0.3, 0.4) is 0 Å². The maximum Gasteiger partial charge on any atom is 0.297 e. The number of aromatic hydroxyl groups is 1. The monoisotopic (exact) mass is 325 g/mol. The molecule has 4 N–H and O–H groups in total. The minimum Gasteiger partial charge on any atom is -0.493 e. The van der Waals surface area contributed by atoms with Gasteiger partial charge in [0.05, 0.1) is 16.0 Å². The predicted octanol–water partition coefficient (Wildman–Crippen LogP) is 3.29. The predicted molar refractivity (Wildman–Crippen MR) is 86.3 cm³/mol. The minimum atomic E-state index is -0.688. The van der Waals surface area contributed by atoms with Crippen LogP contribution in [0.15, 0.2) is 52.7 Å². The summed E-state index contributed by atoms with van der Waals surface area (Å²) >= 11 is 0. The molecule has 120 valence electrons. The summed E-state index contributed by atoms with van der Waals surface area (Å²) in [6, 6.07) is 10.3. The summed E-state index contributed by atoms with van der Waals surface area (Å²) in [4.78, 5) is 24.9. The Morgan fingerprint density at radius 1 is 1.25 bits per heavy atom. The van der Waals surface area contributed by atoms with Crippen LogP contribution in [0, 0.1) is 10.1 Å². The number of aromatic amines is 1. The van der Waals surface area contributed by atoms with Crippen molar-refractivity contribution in [3.05, 3.63) is 58.1 Å². The first-order valence-corrected chi connectivity index (χ1v) is 6.77. The van der Waals surface area contributed by atoms with Crippen LogP contribution in [0.1, 0.15) is 10.4 Å². The van der Waals surface area contributed by atoms with Gasteiger partial charge in [-0.1, -0.05) is 12.1 Å². The molecule has 0 spiro atoms. The Hall–Kier alpha value is -3.75. The van der Waals surface area contributed by atoms with E-state index in [2.05, 4.69) is 15.2 Å². The third-order valence-electron chi connectivity index (χ3n) is 3.38. The number of azo groups is 1. The molecule has 9 heteroatoms. The Kier molecular flexibility index (Phi) is 3.66. The number of benzene rings is 2. The summed E-state index contributed by atoms with van der Waals surface area (Å²) in [6.45, 7) is 0. The standard InChI is InChI=1S/C15H11N5O4/c16-11-4-2-1-3-9(11)14(21)19-18-13-10-7-8(20(23)24)5-6-12(10)17-15(13)22/h1-7,17,22H,16H2. The average molecular weight is 325 g/mol. The second-order valence-electron chi connectivity index (χ2n) is 4.90. The number of carbonyl (C=O) groups excluding carboxylic acids is 1. The summed E-state index contributed by atoms with van der Waals surface area (Å²) in [7, 11) is 0. The highest BCUT2D eigenvalue weighted by Gasteiger charge is 2.16. The van der Waals surface area contributed by atoms with E-state index in [1.807, 2.05) is 0 Å². The molecule has 0 saturated carbocycles. The van der Waals surface area contributed by atoms with Crippen LogP contribution in [0.25, 0.3) is 10.9 Å². The van der Waals surface area contributed by atoms with Crippen LogP contribution < -0.4 is 5.73 Å². The first kappa shape index (κ1) is 15.2. The number of nitrogens with one attached hydrogen (secondary N) is 1. The van der Waals surface area contributed by atoms with E-state index in [4.69, 9.17) is 5.73 Å². The lowest BCUT2D eigenvalue weighted by molar-refractivity contribution is -0.384. The molecule has 3 aromatic rings. The second-order valence-corrected chi connectivity index (χ2v) is 4.90. The molecule has 1 amide bonds. The Labute approximate surface area is 134 Å². The van der Waals surface area contributed by atoms with E-state index in [1.165, 1.54) is 24.3 Å². The molecule has 0 saturated heterocycles. The number of aromatic nitrogens is 1. The van der Waals surface area contributed by atoms with Gasteiger partial charge in [0.1, 0.15) is 0 Å². The van der Waals surface area contributed by atoms with Gasteiger partial charge in [-0.05, 0) is 18.2 Å². The van der Waals surface area contributed by atoms with Crippen molar-refractivity contribution < 1.29 is 14.8 Å². The molecule has 3 rings (SSSR count). The largest absolute Gasteiger partial charge is 0.493 e. The Morgan fingerprint density at radius 3 is 2.71 bits per heavy atom. The molecule has 1 heterocycles. The number of nitrogens with two attached hydrogens (primary N) is 1. The van der Waals surface area contributed by atoms with Gasteiger partial charge in [-0.3, -0.25) is 14.9 Å². The zero-order valence-electron chi connectivity index (χ0n) is 12.1. The molecule has 0 fully saturated rings. The number of nitro benzene ring substituents is 1. The zero-order chi connectivity index (χ0) is 17.3. The molecule has 1 aromatic heterocycles. The molecule has 9 nitrogen and oxygen atoms in total. The van der Waals surface area contributed by atoms with Gasteiger partial charge in [-0.2, -0.15) is 0 Å². The fourth-order valence-electron chi connectivity index (χ4n) is 2.21. The number of hydrogen-bond acceptors (Lipinski definition) is 6. The third-order valence-corrected chi connectivity index (χ3v) is 3.38. The Morgan fingerprint density at radius 2 is 2.00 bits per heavy atom. The SMILES string of the molecule is Nc1ccccc1C(=O)N=Nc1c(O)[nH]c2ccc([N+](=O)[O-])cc12. The third kappa shape index (κ3) is 2.65. The number of anilines is 1. The number of non-ortho nitro benzene ring substituents is 1. The summed E-state index contributed by atoms with van der Waals surface area (Å²) < 4.78 is 0. The molecule has 0 aliphatic heterocycles. The van der Waals surface area contributed by atoms with Crippen LogP contribution in [0.4, 0.5) is 17.1 Å². The van der Waals surface area contributed by atoms with Gasteiger partial charge in [-0.15, -0.1) is 10.2 Å². The number of hydrogen-bond donors (Lipinski definition) is 3. The molecule has 24 heavy (non-hydrogen) atoms. The topological polar surface area (TPSA) is 147 Å². The van der Waals surface area contributed by atoms with Crippen molar-refractivity contribution >= 4 is 33.9 Å². The van der Waals surface area contributed by atoms with Crippen LogP contribution >= 0.6 is 0 Å². The number of fused-ring (bicyclic) bond motifs is 1. The first-order chi connectivity index (χ1) is 11.5. The molecule has 0 aliphatic rings. The number of para-hydroxylation sites is 1. The van der Waals surface area contributed by atoms with Crippen molar-refractivity contribution in [1.82, 2.24) is 4.98 Å². The van der Waals surface area contributed by atoms with E-state index < -0.39 is 10.8 Å². The smallest absolute Gasteiger partial charge is 0.297 e. The molecule has 0 aliphatic carbocycles. The highest BCUT2D eigenvalue weighted by molar-refractivity contribution is 6.00. The number of nitrogen functional groups attached to an aromatic ring is 1. The molecule has 0 unspecified atom stereocenters. The number of carbonyl (C=O) groups is 1. The zero-order valence-corrected chi connectivity index (χ0v) is 12.1. The van der Waals surface area contributed by atoms with E-state index >= 15 is 0 Å². The van der Waals surface area contributed by atoms with Gasteiger partial charge in [0.2, 0.25) is 5.88 Å². The van der Waals surface area contributed by atoms with Gasteiger partial charge in [0, 0.05) is 23.2 Å². The number of rotatable bonds is 3. The van der Waals surface area contributed by atoms with E-state index in [9.17, 15) is 20.0 Å². The molecule has 0 atom stereocenters. The van der Waals surface area contributed by atoms with Crippen molar-refractivity contribution in [2.45, 2.75) is 0 Å². The van der Waals surface area contributed by atoms with E-state index in [1.54, 1.807) is 18.2 Å². The second kappa shape index (κ2) is 5.80. The normalized spacial score (nSPS) is 11.2. The fourth-order valence-corrected chi connectivity index (χ4v) is 2.21.